The van der Waals surface area contributed by atoms with Gasteiger partial charge in [0.25, 0.3) is 15.9 Å². The van der Waals surface area contributed by atoms with E-state index in [9.17, 15) is 13.2 Å². The minimum Gasteiger partial charge on any atom is -0.289 e. The average Bonchev–Trinajstić information content (AvgIpc) is 3.11. The van der Waals surface area contributed by atoms with Gasteiger partial charge in [-0.1, -0.05) is 17.7 Å². The Labute approximate surface area is 166 Å². The Morgan fingerprint density at radius 3 is 2.48 bits per heavy atom. The Morgan fingerprint density at radius 1 is 1.22 bits per heavy atom. The number of aromatic nitrogens is 2. The summed E-state index contributed by atoms with van der Waals surface area (Å²) < 4.78 is 29.4. The van der Waals surface area contributed by atoms with Crippen LogP contribution in [0.1, 0.15) is 27.9 Å². The summed E-state index contributed by atoms with van der Waals surface area (Å²) in [4.78, 5) is 17.3. The Kier molecular flexibility index (Phi) is 5.16. The lowest BCUT2D eigenvalue weighted by Gasteiger charge is -2.15. The van der Waals surface area contributed by atoms with Crippen LogP contribution in [0.2, 0.25) is 5.15 Å². The topological polar surface area (TPSA) is 80.5 Å². The van der Waals surface area contributed by atoms with Gasteiger partial charge in [0, 0.05) is 17.7 Å². The predicted molar refractivity (Wildman–Crippen MR) is 108 cm³/mol. The quantitative estimate of drug-likeness (QED) is 0.647. The van der Waals surface area contributed by atoms with Crippen LogP contribution in [0, 0.1) is 27.7 Å². The Morgan fingerprint density at radius 2 is 1.85 bits per heavy atom. The molecule has 0 unspecified atom stereocenters. The molecule has 3 aromatic rings. The SMILES string of the molecule is Cc1cc(C)c(C)c(S(=O)(=O)NC(=O)C=Cc2c(Cl)nc3sccn23)c1C. The highest BCUT2D eigenvalue weighted by atomic mass is 35.5. The number of carbonyl (C=O) groups is 1. The molecular weight excluding hydrogens is 406 g/mol. The first-order valence-corrected chi connectivity index (χ1v) is 10.8. The molecule has 142 valence electrons. The van der Waals surface area contributed by atoms with Crippen LogP contribution in [0.4, 0.5) is 0 Å². The molecule has 6 nitrogen and oxygen atoms in total. The number of nitrogens with zero attached hydrogens (tertiary/aromatic N) is 2. The molecule has 0 atom stereocenters. The number of halogens is 1. The van der Waals surface area contributed by atoms with Gasteiger partial charge in [0.05, 0.1) is 10.6 Å². The van der Waals surface area contributed by atoms with Crippen molar-refractivity contribution >= 4 is 49.9 Å². The Balaban J connectivity index is 1.90. The van der Waals surface area contributed by atoms with Gasteiger partial charge in [-0.2, -0.15) is 0 Å². The van der Waals surface area contributed by atoms with Crippen molar-refractivity contribution in [1.29, 1.82) is 0 Å². The lowest BCUT2D eigenvalue weighted by atomic mass is 10.0. The van der Waals surface area contributed by atoms with Gasteiger partial charge in [-0.15, -0.1) is 11.3 Å². The summed E-state index contributed by atoms with van der Waals surface area (Å²) in [7, 11) is -4.00. The number of hydrogen-bond acceptors (Lipinski definition) is 5. The van der Waals surface area contributed by atoms with Gasteiger partial charge in [0.2, 0.25) is 0 Å². The molecule has 0 aliphatic carbocycles. The number of benzene rings is 1. The van der Waals surface area contributed by atoms with Crippen molar-refractivity contribution in [3.05, 3.63) is 56.8 Å². The number of nitrogens with one attached hydrogen (secondary N) is 1. The highest BCUT2D eigenvalue weighted by molar-refractivity contribution is 7.90. The number of sulfonamides is 1. The van der Waals surface area contributed by atoms with Crippen molar-refractivity contribution in [3.63, 3.8) is 0 Å². The van der Waals surface area contributed by atoms with Gasteiger partial charge in [-0.05, 0) is 56.0 Å². The third-order valence-corrected chi connectivity index (χ3v) is 7.10. The van der Waals surface area contributed by atoms with Crippen LogP contribution >= 0.6 is 22.9 Å². The average molecular weight is 424 g/mol. The maximum absolute atomic E-state index is 12.8. The van der Waals surface area contributed by atoms with Crippen LogP contribution in [0.3, 0.4) is 0 Å². The second-order valence-electron chi connectivity index (χ2n) is 6.24. The van der Waals surface area contributed by atoms with Crippen molar-refractivity contribution in [1.82, 2.24) is 14.1 Å². The molecular formula is C18H18ClN3O3S2. The molecule has 0 aliphatic rings. The third-order valence-electron chi connectivity index (χ3n) is 4.45. The summed E-state index contributed by atoms with van der Waals surface area (Å²) in [6, 6.07) is 1.93. The minimum atomic E-state index is -4.00. The summed E-state index contributed by atoms with van der Waals surface area (Å²) >= 11 is 7.48. The monoisotopic (exact) mass is 423 g/mol. The van der Waals surface area contributed by atoms with Crippen LogP contribution < -0.4 is 4.72 Å². The number of rotatable bonds is 4. The number of fused-ring (bicyclic) bond motifs is 1. The lowest BCUT2D eigenvalue weighted by molar-refractivity contribution is -0.114. The van der Waals surface area contributed by atoms with Crippen molar-refractivity contribution < 1.29 is 13.2 Å². The fraction of sp³-hybridized carbons (Fsp3) is 0.222. The molecule has 0 fully saturated rings. The molecule has 1 aromatic carbocycles. The van der Waals surface area contributed by atoms with Crippen LogP contribution in [-0.2, 0) is 14.8 Å². The van der Waals surface area contributed by atoms with E-state index in [0.29, 0.717) is 21.8 Å². The number of aryl methyl sites for hydroxylation is 2. The van der Waals surface area contributed by atoms with E-state index >= 15 is 0 Å². The summed E-state index contributed by atoms with van der Waals surface area (Å²) in [5.74, 6) is -0.755. The van der Waals surface area contributed by atoms with Gasteiger partial charge in [-0.3, -0.25) is 9.20 Å². The number of amides is 1. The smallest absolute Gasteiger partial charge is 0.264 e. The standard InChI is InChI=1S/C18H18ClN3O3S2/c1-10-9-11(2)13(4)16(12(10)3)27(24,25)21-15(23)6-5-14-17(19)20-18-22(14)7-8-26-18/h5-9H,1-4H3,(H,21,23). The molecule has 0 aliphatic heterocycles. The first-order valence-electron chi connectivity index (χ1n) is 8.05. The van der Waals surface area contributed by atoms with Crippen molar-refractivity contribution in [2.45, 2.75) is 32.6 Å². The highest BCUT2D eigenvalue weighted by Gasteiger charge is 2.23. The second kappa shape index (κ2) is 7.10. The minimum absolute atomic E-state index is 0.143. The number of hydrogen-bond donors (Lipinski definition) is 1. The largest absolute Gasteiger partial charge is 0.289 e. The van der Waals surface area contributed by atoms with Crippen molar-refractivity contribution in [2.75, 3.05) is 0 Å². The van der Waals surface area contributed by atoms with E-state index in [1.807, 2.05) is 25.3 Å². The van der Waals surface area contributed by atoms with Crippen LogP contribution in [0.15, 0.2) is 28.6 Å². The molecule has 0 saturated heterocycles. The molecule has 2 heterocycles. The zero-order valence-corrected chi connectivity index (χ0v) is 17.6. The van der Waals surface area contributed by atoms with E-state index in [4.69, 9.17) is 11.6 Å². The summed E-state index contributed by atoms with van der Waals surface area (Å²) in [5.41, 5.74) is 3.47. The predicted octanol–water partition coefficient (Wildman–Crippen LogP) is 3.80. The number of thiazole rings is 1. The van der Waals surface area contributed by atoms with E-state index < -0.39 is 15.9 Å². The van der Waals surface area contributed by atoms with Gasteiger partial charge >= 0.3 is 0 Å². The van der Waals surface area contributed by atoms with E-state index in [-0.39, 0.29) is 10.0 Å². The molecule has 3 rings (SSSR count). The van der Waals surface area contributed by atoms with Crippen LogP contribution in [-0.4, -0.2) is 23.7 Å². The molecule has 2 aromatic heterocycles. The highest BCUT2D eigenvalue weighted by Crippen LogP contribution is 2.26. The number of carbonyl (C=O) groups excluding carboxylic acids is 1. The molecule has 0 spiro atoms. The van der Waals surface area contributed by atoms with Crippen molar-refractivity contribution in [2.24, 2.45) is 0 Å². The third kappa shape index (κ3) is 3.65. The molecule has 0 radical (unpaired) electrons. The van der Waals surface area contributed by atoms with Crippen LogP contribution in [0.5, 0.6) is 0 Å². The Bertz CT molecular complexity index is 1160. The summed E-state index contributed by atoms with van der Waals surface area (Å²) in [6.07, 6.45) is 4.36. The number of imidazole rings is 1. The van der Waals surface area contributed by atoms with Gasteiger partial charge < -0.3 is 0 Å². The fourth-order valence-electron chi connectivity index (χ4n) is 2.88. The normalized spacial score (nSPS) is 12.2. The van der Waals surface area contributed by atoms with E-state index in [1.54, 1.807) is 24.4 Å². The fourth-order valence-corrected chi connectivity index (χ4v) is 5.45. The summed E-state index contributed by atoms with van der Waals surface area (Å²) in [6.45, 7) is 7.15. The molecule has 0 bridgehead atoms. The van der Waals surface area contributed by atoms with Crippen molar-refractivity contribution in [3.8, 4) is 0 Å². The molecule has 27 heavy (non-hydrogen) atoms. The maximum atomic E-state index is 12.8. The summed E-state index contributed by atoms with van der Waals surface area (Å²) in [5, 5.41) is 2.08. The zero-order chi connectivity index (χ0) is 19.9. The first kappa shape index (κ1) is 19.6. The lowest BCUT2D eigenvalue weighted by Crippen LogP contribution is -2.30. The van der Waals surface area contributed by atoms with Gasteiger partial charge in [0.1, 0.15) is 0 Å². The molecule has 1 N–H and O–H groups in total. The molecule has 9 heteroatoms. The zero-order valence-electron chi connectivity index (χ0n) is 15.2. The first-order chi connectivity index (χ1) is 12.6. The molecule has 1 amide bonds. The Hall–Kier alpha value is -2.16. The maximum Gasteiger partial charge on any atom is 0.264 e. The molecule has 0 saturated carbocycles. The van der Waals surface area contributed by atoms with Gasteiger partial charge in [-0.25, -0.2) is 18.1 Å². The second-order valence-corrected chi connectivity index (χ2v) is 9.09. The van der Waals surface area contributed by atoms with E-state index in [0.717, 1.165) is 17.2 Å². The van der Waals surface area contributed by atoms with Crippen LogP contribution in [0.25, 0.3) is 11.0 Å². The van der Waals surface area contributed by atoms with E-state index in [2.05, 4.69) is 9.71 Å². The van der Waals surface area contributed by atoms with E-state index in [1.165, 1.54) is 17.4 Å². The van der Waals surface area contributed by atoms with Gasteiger partial charge in [0.15, 0.2) is 10.1 Å².